The first-order valence-electron chi connectivity index (χ1n) is 9.14. The first-order valence-corrected chi connectivity index (χ1v) is 11.0. The fraction of sp³-hybridized carbons (Fsp3) is 0.350. The highest BCUT2D eigenvalue weighted by molar-refractivity contribution is 7.89. The summed E-state index contributed by atoms with van der Waals surface area (Å²) in [5.74, 6) is -0.300. The van der Waals surface area contributed by atoms with Gasteiger partial charge in [-0.2, -0.15) is 4.31 Å². The van der Waals surface area contributed by atoms with E-state index in [1.807, 2.05) is 0 Å². The summed E-state index contributed by atoms with van der Waals surface area (Å²) in [5, 5.41) is 0.166. The number of carbonyl (C=O) groups is 1. The summed E-state index contributed by atoms with van der Waals surface area (Å²) in [4.78, 5) is 14.2. The zero-order chi connectivity index (χ0) is 21.6. The maximum Gasteiger partial charge on any atom is 0.255 e. The number of hydrogen-bond acceptors (Lipinski definition) is 4. The number of likely N-dealkylation sites (N-methyl/N-ethyl adjacent to an activating group) is 1. The Balaban J connectivity index is 2.11. The van der Waals surface area contributed by atoms with E-state index in [0.717, 1.165) is 0 Å². The molecule has 0 radical (unpaired) electrons. The Bertz CT molecular complexity index is 947. The summed E-state index contributed by atoms with van der Waals surface area (Å²) >= 11 is 6.15. The smallest absolute Gasteiger partial charge is 0.255 e. The molecule has 0 spiro atoms. The van der Waals surface area contributed by atoms with Crippen LogP contribution in [0.15, 0.2) is 47.4 Å². The van der Waals surface area contributed by atoms with E-state index in [1.165, 1.54) is 51.7 Å². The molecule has 0 saturated carbocycles. The van der Waals surface area contributed by atoms with Gasteiger partial charge in [-0.05, 0) is 42.5 Å². The normalized spacial score (nSPS) is 11.5. The summed E-state index contributed by atoms with van der Waals surface area (Å²) in [7, 11) is -2.14. The number of halogens is 2. The maximum atomic E-state index is 12.9. The van der Waals surface area contributed by atoms with Crippen LogP contribution in [0.1, 0.15) is 24.2 Å². The van der Waals surface area contributed by atoms with Gasteiger partial charge in [0.1, 0.15) is 18.2 Å². The van der Waals surface area contributed by atoms with Crippen LogP contribution in [0.25, 0.3) is 0 Å². The Morgan fingerprint density at radius 3 is 2.31 bits per heavy atom. The van der Waals surface area contributed by atoms with Crippen LogP contribution in [0.2, 0.25) is 5.02 Å². The zero-order valence-electron chi connectivity index (χ0n) is 16.6. The van der Waals surface area contributed by atoms with Crippen molar-refractivity contribution in [3.05, 3.63) is 58.9 Å². The summed E-state index contributed by atoms with van der Waals surface area (Å²) < 4.78 is 45.1. The van der Waals surface area contributed by atoms with Crippen molar-refractivity contribution in [1.29, 1.82) is 0 Å². The first-order chi connectivity index (χ1) is 13.7. The molecular formula is C20H24ClFN2O4S. The molecule has 0 aromatic heterocycles. The van der Waals surface area contributed by atoms with Gasteiger partial charge in [-0.15, -0.1) is 0 Å². The summed E-state index contributed by atoms with van der Waals surface area (Å²) in [6.45, 7) is 4.56. The molecular weight excluding hydrogens is 419 g/mol. The number of hydrogen-bond donors (Lipinski definition) is 0. The third kappa shape index (κ3) is 5.68. The van der Waals surface area contributed by atoms with Crippen LogP contribution in [0.3, 0.4) is 0 Å². The Labute approximate surface area is 175 Å². The monoisotopic (exact) mass is 442 g/mol. The van der Waals surface area contributed by atoms with Crippen LogP contribution < -0.4 is 4.74 Å². The van der Waals surface area contributed by atoms with Crippen LogP contribution >= 0.6 is 11.6 Å². The van der Waals surface area contributed by atoms with E-state index in [0.29, 0.717) is 18.8 Å². The molecule has 2 aromatic rings. The average molecular weight is 443 g/mol. The van der Waals surface area contributed by atoms with Crippen molar-refractivity contribution in [2.75, 3.05) is 33.3 Å². The third-order valence-electron chi connectivity index (χ3n) is 4.37. The van der Waals surface area contributed by atoms with Gasteiger partial charge in [-0.3, -0.25) is 4.79 Å². The van der Waals surface area contributed by atoms with Crippen LogP contribution in [0.5, 0.6) is 5.75 Å². The molecule has 0 unspecified atom stereocenters. The van der Waals surface area contributed by atoms with E-state index in [1.54, 1.807) is 20.9 Å². The number of amides is 1. The van der Waals surface area contributed by atoms with Gasteiger partial charge in [0.15, 0.2) is 0 Å². The van der Waals surface area contributed by atoms with Crippen LogP contribution in [0.4, 0.5) is 4.39 Å². The molecule has 0 N–H and O–H groups in total. The molecule has 0 saturated heterocycles. The van der Waals surface area contributed by atoms with Gasteiger partial charge >= 0.3 is 0 Å². The zero-order valence-corrected chi connectivity index (χ0v) is 18.1. The standard InChI is InChI=1S/C20H24ClFN2O4S/c1-4-24(5-2)29(26,27)17-10-11-19(21)18(14-17)20(25)23(3)12-13-28-16-8-6-15(22)7-9-16/h6-11,14H,4-5,12-13H2,1-3H3. The van der Waals surface area contributed by atoms with E-state index in [9.17, 15) is 17.6 Å². The minimum absolute atomic E-state index is 0.0184. The predicted octanol–water partition coefficient (Wildman–Crippen LogP) is 3.66. The highest BCUT2D eigenvalue weighted by Crippen LogP contribution is 2.24. The molecule has 0 heterocycles. The quantitative estimate of drug-likeness (QED) is 0.594. The Morgan fingerprint density at radius 1 is 1.10 bits per heavy atom. The molecule has 0 bridgehead atoms. The largest absolute Gasteiger partial charge is 0.492 e. The minimum atomic E-state index is -3.71. The van der Waals surface area contributed by atoms with E-state index in [4.69, 9.17) is 16.3 Å². The lowest BCUT2D eigenvalue weighted by molar-refractivity contribution is 0.0773. The second kappa shape index (κ2) is 10.0. The van der Waals surface area contributed by atoms with Crippen molar-refractivity contribution in [3.63, 3.8) is 0 Å². The van der Waals surface area contributed by atoms with Crippen molar-refractivity contribution >= 4 is 27.5 Å². The summed E-state index contributed by atoms with van der Waals surface area (Å²) in [6.07, 6.45) is 0. The van der Waals surface area contributed by atoms with Crippen molar-refractivity contribution < 1.29 is 22.3 Å². The Morgan fingerprint density at radius 2 is 1.72 bits per heavy atom. The number of carbonyl (C=O) groups excluding carboxylic acids is 1. The molecule has 0 aliphatic heterocycles. The molecule has 9 heteroatoms. The lowest BCUT2D eigenvalue weighted by Crippen LogP contribution is -2.32. The molecule has 0 atom stereocenters. The van der Waals surface area contributed by atoms with Crippen molar-refractivity contribution in [3.8, 4) is 5.75 Å². The fourth-order valence-corrected chi connectivity index (χ4v) is 4.36. The number of nitrogens with zero attached hydrogens (tertiary/aromatic N) is 2. The van der Waals surface area contributed by atoms with Crippen LogP contribution in [0, 0.1) is 5.82 Å². The van der Waals surface area contributed by atoms with Gasteiger partial charge in [0.05, 0.1) is 22.0 Å². The van der Waals surface area contributed by atoms with Crippen molar-refractivity contribution in [1.82, 2.24) is 9.21 Å². The average Bonchev–Trinajstić information content (AvgIpc) is 2.69. The lowest BCUT2D eigenvalue weighted by Gasteiger charge is -2.21. The highest BCUT2D eigenvalue weighted by atomic mass is 35.5. The molecule has 0 aliphatic rings. The molecule has 0 fully saturated rings. The second-order valence-corrected chi connectivity index (χ2v) is 8.61. The van der Waals surface area contributed by atoms with Gasteiger partial charge in [0.2, 0.25) is 10.0 Å². The Hall–Kier alpha value is -2.16. The van der Waals surface area contributed by atoms with Crippen LogP contribution in [-0.2, 0) is 10.0 Å². The number of benzene rings is 2. The molecule has 29 heavy (non-hydrogen) atoms. The minimum Gasteiger partial charge on any atom is -0.492 e. The van der Waals surface area contributed by atoms with E-state index in [2.05, 4.69) is 0 Å². The molecule has 6 nitrogen and oxygen atoms in total. The van der Waals surface area contributed by atoms with Crippen molar-refractivity contribution in [2.24, 2.45) is 0 Å². The van der Waals surface area contributed by atoms with Crippen LogP contribution in [-0.4, -0.2) is 56.8 Å². The summed E-state index contributed by atoms with van der Waals surface area (Å²) in [6, 6.07) is 9.66. The SMILES string of the molecule is CCN(CC)S(=O)(=O)c1ccc(Cl)c(C(=O)N(C)CCOc2ccc(F)cc2)c1. The second-order valence-electron chi connectivity index (χ2n) is 6.26. The van der Waals surface area contributed by atoms with E-state index < -0.39 is 15.9 Å². The first kappa shape index (κ1) is 23.1. The van der Waals surface area contributed by atoms with Gasteiger partial charge < -0.3 is 9.64 Å². The molecule has 1 amide bonds. The molecule has 0 aliphatic carbocycles. The molecule has 2 aromatic carbocycles. The Kier molecular flexibility index (Phi) is 8.01. The predicted molar refractivity (Wildman–Crippen MR) is 110 cm³/mol. The van der Waals surface area contributed by atoms with E-state index in [-0.39, 0.29) is 34.5 Å². The summed E-state index contributed by atoms with van der Waals surface area (Å²) in [5.41, 5.74) is 0.101. The maximum absolute atomic E-state index is 12.9. The number of sulfonamides is 1. The molecule has 158 valence electrons. The fourth-order valence-electron chi connectivity index (χ4n) is 2.68. The van der Waals surface area contributed by atoms with E-state index >= 15 is 0 Å². The van der Waals surface area contributed by atoms with Gasteiger partial charge in [0, 0.05) is 20.1 Å². The number of rotatable bonds is 9. The molecule has 2 rings (SSSR count). The lowest BCUT2D eigenvalue weighted by atomic mass is 10.2. The number of ether oxygens (including phenoxy) is 1. The third-order valence-corrected chi connectivity index (χ3v) is 6.74. The van der Waals surface area contributed by atoms with Gasteiger partial charge in [-0.1, -0.05) is 25.4 Å². The van der Waals surface area contributed by atoms with Gasteiger partial charge in [0.25, 0.3) is 5.91 Å². The highest BCUT2D eigenvalue weighted by Gasteiger charge is 2.24. The van der Waals surface area contributed by atoms with Gasteiger partial charge in [-0.25, -0.2) is 12.8 Å². The van der Waals surface area contributed by atoms with Crippen molar-refractivity contribution in [2.45, 2.75) is 18.7 Å². The topological polar surface area (TPSA) is 66.9 Å².